The minimum Gasteiger partial charge on any atom is -0.460 e. The molecule has 0 aliphatic carbocycles. The van der Waals surface area contributed by atoms with Crippen molar-refractivity contribution >= 4 is 17.3 Å². The van der Waals surface area contributed by atoms with Crippen molar-refractivity contribution in [2.45, 2.75) is 30.7 Å². The summed E-state index contributed by atoms with van der Waals surface area (Å²) in [5.41, 5.74) is -0.390. The van der Waals surface area contributed by atoms with Crippen molar-refractivity contribution in [1.29, 1.82) is 0 Å². The van der Waals surface area contributed by atoms with Crippen molar-refractivity contribution in [3.05, 3.63) is 33.3 Å². The Morgan fingerprint density at radius 1 is 1.41 bits per heavy atom. The zero-order chi connectivity index (χ0) is 16.4. The Bertz CT molecular complexity index is 556. The van der Waals surface area contributed by atoms with E-state index in [9.17, 15) is 25.4 Å². The predicted octanol–water partition coefficient (Wildman–Crippen LogP) is -0.573. The summed E-state index contributed by atoms with van der Waals surface area (Å²) in [6, 6.07) is 3.83. The zero-order valence-corrected chi connectivity index (χ0v) is 11.8. The van der Waals surface area contributed by atoms with Crippen molar-refractivity contribution in [2.75, 3.05) is 6.61 Å². The summed E-state index contributed by atoms with van der Waals surface area (Å²) < 4.78 is 10.4. The van der Waals surface area contributed by atoms with E-state index in [-0.39, 0.29) is 16.5 Å². The van der Waals surface area contributed by atoms with E-state index in [0.29, 0.717) is 0 Å². The number of rotatable bonds is 5. The van der Waals surface area contributed by atoms with Crippen LogP contribution in [0.1, 0.15) is 0 Å². The summed E-state index contributed by atoms with van der Waals surface area (Å²) in [6.07, 6.45) is -7.10. The van der Waals surface area contributed by atoms with Gasteiger partial charge in [-0.2, -0.15) is 0 Å². The molecule has 4 N–H and O–H groups in total. The topological polar surface area (TPSA) is 143 Å². The number of nitro groups is 1. The third kappa shape index (κ3) is 3.14. The van der Waals surface area contributed by atoms with E-state index in [0.717, 1.165) is 0 Å². The van der Waals surface area contributed by atoms with Gasteiger partial charge in [0.1, 0.15) is 30.2 Å². The molecule has 1 aliphatic rings. The first-order chi connectivity index (χ1) is 10.4. The quantitative estimate of drug-likeness (QED) is 0.414. The molecule has 1 saturated heterocycles. The highest BCUT2D eigenvalue weighted by atomic mass is 35.5. The Kier molecular flexibility index (Phi) is 5.16. The molecule has 0 saturated carbocycles. The van der Waals surface area contributed by atoms with Crippen molar-refractivity contribution < 1.29 is 34.8 Å². The Hall–Kier alpha value is -1.49. The van der Waals surface area contributed by atoms with Crippen LogP contribution in [-0.4, -0.2) is 62.7 Å². The van der Waals surface area contributed by atoms with Crippen LogP contribution in [0.2, 0.25) is 5.02 Å². The van der Waals surface area contributed by atoms with Gasteiger partial charge in [-0.15, -0.1) is 0 Å². The van der Waals surface area contributed by atoms with E-state index < -0.39 is 42.2 Å². The molecule has 22 heavy (non-hydrogen) atoms. The molecule has 10 heteroatoms. The zero-order valence-electron chi connectivity index (χ0n) is 11.1. The summed E-state index contributed by atoms with van der Waals surface area (Å²) in [7, 11) is 0. The first kappa shape index (κ1) is 16.9. The highest BCUT2D eigenvalue weighted by molar-refractivity contribution is 6.34. The fourth-order valence-corrected chi connectivity index (χ4v) is 2.29. The Labute approximate surface area is 129 Å². The lowest BCUT2D eigenvalue weighted by Crippen LogP contribution is -2.40. The molecular weight excluding hydrogens is 322 g/mol. The van der Waals surface area contributed by atoms with Gasteiger partial charge in [-0.3, -0.25) is 10.1 Å². The van der Waals surface area contributed by atoms with Crippen molar-refractivity contribution in [2.24, 2.45) is 0 Å². The summed E-state index contributed by atoms with van der Waals surface area (Å²) >= 11 is 5.84. The van der Waals surface area contributed by atoms with Crippen LogP contribution in [0.3, 0.4) is 0 Å². The van der Waals surface area contributed by atoms with E-state index >= 15 is 0 Å². The van der Waals surface area contributed by atoms with Crippen LogP contribution in [0.4, 0.5) is 5.69 Å². The van der Waals surface area contributed by atoms with Crippen molar-refractivity contribution in [1.82, 2.24) is 0 Å². The Balaban J connectivity index is 2.18. The number of hydrogen-bond donors (Lipinski definition) is 4. The number of aliphatic hydroxyl groups is 4. The highest BCUT2D eigenvalue weighted by Crippen LogP contribution is 2.36. The van der Waals surface area contributed by atoms with E-state index in [1.165, 1.54) is 18.2 Å². The van der Waals surface area contributed by atoms with E-state index in [1.807, 2.05) is 0 Å². The van der Waals surface area contributed by atoms with E-state index in [2.05, 4.69) is 0 Å². The summed E-state index contributed by atoms with van der Waals surface area (Å²) in [5.74, 6) is -0.119. The predicted molar refractivity (Wildman–Crippen MR) is 72.5 cm³/mol. The molecule has 1 heterocycles. The number of ether oxygens (including phenoxy) is 2. The molecule has 5 atom stereocenters. The number of nitro benzene ring substituents is 1. The highest BCUT2D eigenvalue weighted by Gasteiger charge is 2.47. The fourth-order valence-electron chi connectivity index (χ4n) is 2.05. The molecule has 0 amide bonds. The van der Waals surface area contributed by atoms with Crippen LogP contribution in [0.5, 0.6) is 5.75 Å². The molecule has 1 aliphatic heterocycles. The van der Waals surface area contributed by atoms with Gasteiger partial charge in [0, 0.05) is 6.07 Å². The molecule has 0 aromatic heterocycles. The molecule has 0 unspecified atom stereocenters. The van der Waals surface area contributed by atoms with Crippen LogP contribution in [0.15, 0.2) is 18.2 Å². The van der Waals surface area contributed by atoms with Gasteiger partial charge in [-0.1, -0.05) is 17.7 Å². The first-order valence-electron chi connectivity index (χ1n) is 6.27. The van der Waals surface area contributed by atoms with Crippen molar-refractivity contribution in [3.63, 3.8) is 0 Å². The minimum atomic E-state index is -1.53. The molecule has 0 spiro atoms. The SMILES string of the molecule is O=[N+]([O-])c1cccc(O[C@@H]2O[C@@H]([C@H](O)CO)[C@H](O)[C@H]2O)c1Cl. The van der Waals surface area contributed by atoms with Gasteiger partial charge in [-0.05, 0) is 6.07 Å². The van der Waals surface area contributed by atoms with Gasteiger partial charge >= 0.3 is 0 Å². The average molecular weight is 336 g/mol. The van der Waals surface area contributed by atoms with Crippen LogP contribution >= 0.6 is 11.6 Å². The normalized spacial score (nSPS) is 29.3. The Morgan fingerprint density at radius 3 is 2.68 bits per heavy atom. The molecule has 1 fully saturated rings. The first-order valence-corrected chi connectivity index (χ1v) is 6.64. The second kappa shape index (κ2) is 6.73. The maximum atomic E-state index is 10.8. The minimum absolute atomic E-state index is 0.119. The Morgan fingerprint density at radius 2 is 2.09 bits per heavy atom. The molecule has 2 rings (SSSR count). The number of hydrogen-bond acceptors (Lipinski definition) is 8. The molecule has 1 aromatic rings. The standard InChI is InChI=1S/C12H14ClNO8/c13-8-5(14(19)20)2-1-3-7(8)21-12-10(18)9(17)11(22-12)6(16)4-15/h1-3,6,9-12,15-18H,4H2/t6-,9-,10-,11+,12-/m1/s1. The lowest BCUT2D eigenvalue weighted by atomic mass is 10.1. The maximum absolute atomic E-state index is 10.8. The fraction of sp³-hybridized carbons (Fsp3) is 0.500. The smallest absolute Gasteiger partial charge is 0.291 e. The van der Waals surface area contributed by atoms with Crippen molar-refractivity contribution in [3.8, 4) is 5.75 Å². The maximum Gasteiger partial charge on any atom is 0.291 e. The largest absolute Gasteiger partial charge is 0.460 e. The lowest BCUT2D eigenvalue weighted by Gasteiger charge is -2.19. The molecule has 0 radical (unpaired) electrons. The van der Waals surface area contributed by atoms with Crippen LogP contribution in [0, 0.1) is 10.1 Å². The van der Waals surface area contributed by atoms with Crippen LogP contribution < -0.4 is 4.74 Å². The van der Waals surface area contributed by atoms with Crippen LogP contribution in [0.25, 0.3) is 0 Å². The molecule has 1 aromatic carbocycles. The number of nitrogens with zero attached hydrogens (tertiary/aromatic N) is 1. The summed E-state index contributed by atoms with van der Waals surface area (Å²) in [5, 5.41) is 48.4. The number of halogens is 1. The molecular formula is C12H14ClNO8. The van der Waals surface area contributed by atoms with E-state index in [4.69, 9.17) is 26.2 Å². The van der Waals surface area contributed by atoms with Gasteiger partial charge in [0.15, 0.2) is 5.02 Å². The number of benzene rings is 1. The average Bonchev–Trinajstić information content (AvgIpc) is 2.76. The molecule has 0 bridgehead atoms. The summed E-state index contributed by atoms with van der Waals surface area (Å²) in [4.78, 5) is 10.1. The molecule has 122 valence electrons. The monoisotopic (exact) mass is 335 g/mol. The second-order valence-corrected chi connectivity index (χ2v) is 5.04. The van der Waals surface area contributed by atoms with Gasteiger partial charge in [0.25, 0.3) is 5.69 Å². The second-order valence-electron chi connectivity index (χ2n) is 4.66. The third-order valence-corrected chi connectivity index (χ3v) is 3.59. The molecule has 9 nitrogen and oxygen atoms in total. The lowest BCUT2D eigenvalue weighted by molar-refractivity contribution is -0.384. The van der Waals surface area contributed by atoms with Gasteiger partial charge in [0.2, 0.25) is 6.29 Å². The number of aliphatic hydroxyl groups excluding tert-OH is 4. The summed E-state index contributed by atoms with van der Waals surface area (Å²) in [6.45, 7) is -0.682. The van der Waals surface area contributed by atoms with E-state index in [1.54, 1.807) is 0 Å². The third-order valence-electron chi connectivity index (χ3n) is 3.21. The van der Waals surface area contributed by atoms with Gasteiger partial charge < -0.3 is 29.9 Å². The van der Waals surface area contributed by atoms with Gasteiger partial charge in [-0.25, -0.2) is 0 Å². The van der Waals surface area contributed by atoms with Gasteiger partial charge in [0.05, 0.1) is 11.5 Å². The van der Waals surface area contributed by atoms with Crippen LogP contribution in [-0.2, 0) is 4.74 Å².